The van der Waals surface area contributed by atoms with Gasteiger partial charge < -0.3 is 14.5 Å². The van der Waals surface area contributed by atoms with Gasteiger partial charge in [-0.15, -0.1) is 16.4 Å². The quantitative estimate of drug-likeness (QED) is 0.521. The van der Waals surface area contributed by atoms with Crippen molar-refractivity contribution < 1.29 is 24.0 Å². The fourth-order valence-electron chi connectivity index (χ4n) is 4.83. The zero-order valence-electron chi connectivity index (χ0n) is 20.9. The second kappa shape index (κ2) is 10.5. The molecule has 4 rings (SSSR count). The molecular formula is C27H34N2O5S. The Morgan fingerprint density at radius 2 is 1.74 bits per heavy atom. The first-order chi connectivity index (χ1) is 16.7. The molecular weight excluding hydrogens is 464 g/mol. The molecule has 1 aliphatic carbocycles. The van der Waals surface area contributed by atoms with Gasteiger partial charge in [0.05, 0.1) is 30.8 Å². The number of methoxy groups -OCH3 is 1. The summed E-state index contributed by atoms with van der Waals surface area (Å²) in [4.78, 5) is 47.8. The Morgan fingerprint density at radius 3 is 2.37 bits per heavy atom. The van der Waals surface area contributed by atoms with Crippen molar-refractivity contribution in [2.45, 2.75) is 58.9 Å². The first-order valence-corrected chi connectivity index (χ1v) is 13.1. The zero-order chi connectivity index (χ0) is 25.2. The van der Waals surface area contributed by atoms with Crippen LogP contribution in [0, 0.1) is 11.3 Å². The number of benzene rings is 1. The lowest BCUT2D eigenvalue weighted by molar-refractivity contribution is -0.205. The standard InChI is InChI=1S/C27H34N2O5S/c1-27(2,3)26(32)34-28-16-21(18-11-7-5-8-12-18)29(23(30)17-28)20-15-22(19-13-9-6-10-14-19)35-24(20)25(31)33-4/h6,9-10,13-15,18,21H,5,7-8,11-12,16-17H2,1-4H3/t21-/m0/s1. The molecule has 1 aliphatic heterocycles. The molecule has 1 saturated heterocycles. The molecule has 1 saturated carbocycles. The van der Waals surface area contributed by atoms with E-state index >= 15 is 0 Å². The maximum Gasteiger partial charge on any atom is 0.350 e. The number of amides is 1. The van der Waals surface area contributed by atoms with Crippen molar-refractivity contribution >= 4 is 34.9 Å². The molecule has 188 valence electrons. The molecule has 0 radical (unpaired) electrons. The molecule has 1 aromatic heterocycles. The Kier molecular flexibility index (Phi) is 7.62. The van der Waals surface area contributed by atoms with Crippen LogP contribution < -0.4 is 4.90 Å². The van der Waals surface area contributed by atoms with E-state index < -0.39 is 11.4 Å². The second-order valence-corrected chi connectivity index (χ2v) is 11.4. The summed E-state index contributed by atoms with van der Waals surface area (Å²) in [5.41, 5.74) is 0.896. The maximum atomic E-state index is 13.6. The van der Waals surface area contributed by atoms with Gasteiger partial charge in [0.15, 0.2) is 0 Å². The summed E-state index contributed by atoms with van der Waals surface area (Å²) in [5, 5.41) is 1.51. The van der Waals surface area contributed by atoms with Gasteiger partial charge in [-0.05, 0) is 51.2 Å². The number of esters is 1. The van der Waals surface area contributed by atoms with Crippen LogP contribution in [-0.2, 0) is 19.2 Å². The Morgan fingerprint density at radius 1 is 1.06 bits per heavy atom. The van der Waals surface area contributed by atoms with Crippen molar-refractivity contribution in [3.63, 3.8) is 0 Å². The average Bonchev–Trinajstić information content (AvgIpc) is 3.28. The van der Waals surface area contributed by atoms with Crippen LogP contribution in [0.4, 0.5) is 5.69 Å². The molecule has 2 aromatic rings. The van der Waals surface area contributed by atoms with Crippen LogP contribution in [0.25, 0.3) is 10.4 Å². The number of carbonyl (C=O) groups is 3. The van der Waals surface area contributed by atoms with Gasteiger partial charge in [-0.2, -0.15) is 0 Å². The number of rotatable bonds is 5. The molecule has 2 heterocycles. The van der Waals surface area contributed by atoms with Gasteiger partial charge >= 0.3 is 11.9 Å². The molecule has 0 unspecified atom stereocenters. The van der Waals surface area contributed by atoms with E-state index in [1.165, 1.54) is 29.9 Å². The number of hydrogen-bond acceptors (Lipinski definition) is 7. The average molecular weight is 499 g/mol. The molecule has 0 bridgehead atoms. The number of hydrogen-bond donors (Lipinski definition) is 0. The zero-order valence-corrected chi connectivity index (χ0v) is 21.7. The summed E-state index contributed by atoms with van der Waals surface area (Å²) in [5.74, 6) is -0.743. The van der Waals surface area contributed by atoms with Crippen molar-refractivity contribution in [1.29, 1.82) is 0 Å². The van der Waals surface area contributed by atoms with Crippen LogP contribution in [0.1, 0.15) is 62.5 Å². The molecule has 0 spiro atoms. The van der Waals surface area contributed by atoms with Crippen molar-refractivity contribution in [2.24, 2.45) is 11.3 Å². The van der Waals surface area contributed by atoms with Crippen LogP contribution >= 0.6 is 11.3 Å². The number of nitrogens with zero attached hydrogens (tertiary/aromatic N) is 2. The molecule has 2 aliphatic rings. The van der Waals surface area contributed by atoms with E-state index in [4.69, 9.17) is 9.57 Å². The van der Waals surface area contributed by atoms with Crippen molar-refractivity contribution in [3.05, 3.63) is 41.3 Å². The van der Waals surface area contributed by atoms with E-state index in [2.05, 4.69) is 0 Å². The van der Waals surface area contributed by atoms with Crippen molar-refractivity contribution in [1.82, 2.24) is 5.06 Å². The maximum absolute atomic E-state index is 13.6. The SMILES string of the molecule is COC(=O)c1sc(-c2ccccc2)cc1N1C(=O)CN(OC(=O)C(C)(C)C)C[C@H]1C1CCCCC1. The highest BCUT2D eigenvalue weighted by Gasteiger charge is 2.42. The molecule has 0 N–H and O–H groups in total. The third kappa shape index (κ3) is 5.59. The summed E-state index contributed by atoms with van der Waals surface area (Å²) in [7, 11) is 1.36. The van der Waals surface area contributed by atoms with E-state index in [1.807, 2.05) is 36.4 Å². The lowest BCUT2D eigenvalue weighted by Gasteiger charge is -2.44. The van der Waals surface area contributed by atoms with Gasteiger partial charge in [0, 0.05) is 4.88 Å². The second-order valence-electron chi connectivity index (χ2n) is 10.4. The molecule has 35 heavy (non-hydrogen) atoms. The summed E-state index contributed by atoms with van der Waals surface area (Å²) in [6.45, 7) is 5.75. The van der Waals surface area contributed by atoms with Crippen LogP contribution in [-0.4, -0.2) is 49.2 Å². The predicted molar refractivity (Wildman–Crippen MR) is 136 cm³/mol. The van der Waals surface area contributed by atoms with E-state index in [9.17, 15) is 14.4 Å². The number of carbonyl (C=O) groups excluding carboxylic acids is 3. The molecule has 1 atom stereocenters. The normalized spacial score (nSPS) is 20.1. The van der Waals surface area contributed by atoms with Gasteiger partial charge in [0.2, 0.25) is 5.91 Å². The summed E-state index contributed by atoms with van der Waals surface area (Å²) >= 11 is 1.34. The monoisotopic (exact) mass is 498 g/mol. The predicted octanol–water partition coefficient (Wildman–Crippen LogP) is 5.30. The molecule has 8 heteroatoms. The van der Waals surface area contributed by atoms with Crippen molar-refractivity contribution in [2.75, 3.05) is 25.1 Å². The number of piperazine rings is 1. The minimum atomic E-state index is -0.670. The fourth-order valence-corrected chi connectivity index (χ4v) is 5.90. The van der Waals surface area contributed by atoms with Gasteiger partial charge in [0.1, 0.15) is 11.4 Å². The third-order valence-electron chi connectivity index (χ3n) is 6.72. The highest BCUT2D eigenvalue weighted by Crippen LogP contribution is 2.41. The fraction of sp³-hybridized carbons (Fsp3) is 0.519. The third-order valence-corrected chi connectivity index (χ3v) is 7.88. The first kappa shape index (κ1) is 25.4. The lowest BCUT2D eigenvalue weighted by atomic mass is 9.82. The largest absolute Gasteiger partial charge is 0.465 e. The van der Waals surface area contributed by atoms with E-state index in [-0.39, 0.29) is 30.4 Å². The highest BCUT2D eigenvalue weighted by atomic mass is 32.1. The first-order valence-electron chi connectivity index (χ1n) is 12.3. The molecule has 2 fully saturated rings. The minimum absolute atomic E-state index is 0.0534. The summed E-state index contributed by atoms with van der Waals surface area (Å²) in [6, 6.07) is 11.5. The van der Waals surface area contributed by atoms with Crippen LogP contribution in [0.5, 0.6) is 0 Å². The van der Waals surface area contributed by atoms with Crippen molar-refractivity contribution in [3.8, 4) is 10.4 Å². The molecule has 7 nitrogen and oxygen atoms in total. The highest BCUT2D eigenvalue weighted by molar-refractivity contribution is 7.18. The van der Waals surface area contributed by atoms with E-state index in [0.29, 0.717) is 17.1 Å². The minimum Gasteiger partial charge on any atom is -0.465 e. The Balaban J connectivity index is 1.72. The molecule has 1 aromatic carbocycles. The summed E-state index contributed by atoms with van der Waals surface area (Å²) < 4.78 is 5.10. The number of thiophene rings is 1. The summed E-state index contributed by atoms with van der Waals surface area (Å²) in [6.07, 6.45) is 5.39. The van der Waals surface area contributed by atoms with Gasteiger partial charge in [0.25, 0.3) is 0 Å². The van der Waals surface area contributed by atoms with E-state index in [0.717, 1.165) is 36.1 Å². The van der Waals surface area contributed by atoms with Crippen LogP contribution in [0.15, 0.2) is 36.4 Å². The van der Waals surface area contributed by atoms with Gasteiger partial charge in [-0.3, -0.25) is 4.79 Å². The van der Waals surface area contributed by atoms with Crippen LogP contribution in [0.2, 0.25) is 0 Å². The number of anilines is 1. The Labute approximate surface area is 211 Å². The Bertz CT molecular complexity index is 1070. The number of ether oxygens (including phenoxy) is 1. The lowest BCUT2D eigenvalue weighted by Crippen LogP contribution is -2.60. The van der Waals surface area contributed by atoms with Crippen LogP contribution in [0.3, 0.4) is 0 Å². The van der Waals surface area contributed by atoms with Gasteiger partial charge in [-0.1, -0.05) is 49.6 Å². The molecule has 1 amide bonds. The Hall–Kier alpha value is -2.71. The topological polar surface area (TPSA) is 76.2 Å². The number of hydroxylamine groups is 2. The smallest absolute Gasteiger partial charge is 0.350 e. The van der Waals surface area contributed by atoms with Gasteiger partial charge in [-0.25, -0.2) is 9.59 Å². The van der Waals surface area contributed by atoms with E-state index in [1.54, 1.807) is 25.7 Å².